The van der Waals surface area contributed by atoms with Gasteiger partial charge in [0.25, 0.3) is 0 Å². The molecule has 4 bridgehead atoms. The van der Waals surface area contributed by atoms with Crippen LogP contribution >= 0.6 is 0 Å². The van der Waals surface area contributed by atoms with E-state index in [9.17, 15) is 22.0 Å². The predicted octanol–water partition coefficient (Wildman–Crippen LogP) is 3.74. The van der Waals surface area contributed by atoms with Crippen molar-refractivity contribution in [3.63, 3.8) is 0 Å². The van der Waals surface area contributed by atoms with Crippen LogP contribution in [0, 0.1) is 23.1 Å². The third-order valence-corrected chi connectivity index (χ3v) is 7.08. The largest absolute Gasteiger partial charge is 0.493 e. The summed E-state index contributed by atoms with van der Waals surface area (Å²) in [6.07, 6.45) is 5.81. The van der Waals surface area contributed by atoms with Crippen molar-refractivity contribution in [3.05, 3.63) is 29.6 Å². The van der Waals surface area contributed by atoms with Crippen LogP contribution in [-0.4, -0.2) is 38.5 Å². The molecule has 27 heavy (non-hydrogen) atoms. The Balaban J connectivity index is 1.45. The summed E-state index contributed by atoms with van der Waals surface area (Å²) < 4.78 is 57.5. The van der Waals surface area contributed by atoms with Gasteiger partial charge in [-0.05, 0) is 62.5 Å². The molecule has 2 unspecified atom stereocenters. The van der Waals surface area contributed by atoms with Crippen LogP contribution in [0.4, 0.5) is 8.78 Å². The molecule has 1 aromatic rings. The zero-order valence-electron chi connectivity index (χ0n) is 15.3. The van der Waals surface area contributed by atoms with E-state index < -0.39 is 32.9 Å². The van der Waals surface area contributed by atoms with Crippen LogP contribution in [0.5, 0.6) is 5.75 Å². The minimum absolute atomic E-state index is 0.180. The van der Waals surface area contributed by atoms with Gasteiger partial charge in [0.05, 0.1) is 12.2 Å². The van der Waals surface area contributed by atoms with Crippen molar-refractivity contribution in [2.24, 2.45) is 17.3 Å². The van der Waals surface area contributed by atoms with Crippen molar-refractivity contribution < 1.29 is 26.7 Å². The highest BCUT2D eigenvalue weighted by molar-refractivity contribution is 7.91. The third kappa shape index (κ3) is 3.89. The first-order valence-corrected chi connectivity index (χ1v) is 11.4. The summed E-state index contributed by atoms with van der Waals surface area (Å²) >= 11 is 0. The lowest BCUT2D eigenvalue weighted by atomic mass is 9.49. The average molecular weight is 398 g/mol. The lowest BCUT2D eigenvalue weighted by Gasteiger charge is -2.58. The molecule has 0 aromatic heterocycles. The van der Waals surface area contributed by atoms with E-state index in [2.05, 4.69) is 0 Å². The molecule has 0 aliphatic heterocycles. The van der Waals surface area contributed by atoms with Gasteiger partial charge >= 0.3 is 0 Å². The lowest BCUT2D eigenvalue weighted by Crippen LogP contribution is -2.55. The number of carbonyl (C=O) groups is 1. The Morgan fingerprint density at radius 1 is 1.22 bits per heavy atom. The Morgan fingerprint density at radius 3 is 2.44 bits per heavy atom. The maximum Gasteiger partial charge on any atom is 0.180 e. The SMILES string of the molecule is CS(=O)(=O)CC(=O)c1ccc(OCC23CC4CC(CC(F)(C4)C2)C3)cc1F. The molecule has 5 rings (SSSR count). The van der Waals surface area contributed by atoms with Crippen LogP contribution in [0.3, 0.4) is 0 Å². The molecular formula is C20H24F2O4S. The van der Waals surface area contributed by atoms with Gasteiger partial charge in [-0.25, -0.2) is 17.2 Å². The summed E-state index contributed by atoms with van der Waals surface area (Å²) in [5.74, 6) is -1.17. The van der Waals surface area contributed by atoms with Crippen LogP contribution in [-0.2, 0) is 9.84 Å². The highest BCUT2D eigenvalue weighted by Gasteiger charge is 2.58. The number of ether oxygens (including phenoxy) is 1. The van der Waals surface area contributed by atoms with Crippen molar-refractivity contribution in [2.45, 2.75) is 44.2 Å². The summed E-state index contributed by atoms with van der Waals surface area (Å²) in [5.41, 5.74) is -1.51. The molecule has 0 amide bonds. The fourth-order valence-electron chi connectivity index (χ4n) is 5.87. The van der Waals surface area contributed by atoms with Crippen molar-refractivity contribution >= 4 is 15.6 Å². The number of halogens is 2. The van der Waals surface area contributed by atoms with Gasteiger partial charge in [-0.2, -0.15) is 0 Å². The molecule has 148 valence electrons. The minimum atomic E-state index is -3.52. The number of alkyl halides is 1. The second kappa shape index (κ2) is 6.26. The van der Waals surface area contributed by atoms with Crippen molar-refractivity contribution in [1.82, 2.24) is 0 Å². The van der Waals surface area contributed by atoms with Gasteiger partial charge in [0.2, 0.25) is 0 Å². The molecule has 4 saturated carbocycles. The van der Waals surface area contributed by atoms with Gasteiger partial charge in [-0.1, -0.05) is 0 Å². The fourth-order valence-corrected chi connectivity index (χ4v) is 6.50. The summed E-state index contributed by atoms with van der Waals surface area (Å²) in [4.78, 5) is 11.9. The number of sulfone groups is 1. The van der Waals surface area contributed by atoms with Gasteiger partial charge in [0.1, 0.15) is 23.0 Å². The highest BCUT2D eigenvalue weighted by Crippen LogP contribution is 2.62. The zero-order chi connectivity index (χ0) is 19.4. The van der Waals surface area contributed by atoms with E-state index in [1.807, 2.05) is 0 Å². The molecule has 4 aliphatic carbocycles. The van der Waals surface area contributed by atoms with Crippen molar-refractivity contribution in [2.75, 3.05) is 18.6 Å². The Hall–Kier alpha value is -1.50. The Morgan fingerprint density at radius 2 is 1.89 bits per heavy atom. The smallest absolute Gasteiger partial charge is 0.180 e. The number of hydrogen-bond acceptors (Lipinski definition) is 4. The molecule has 0 N–H and O–H groups in total. The maximum atomic E-state index is 15.0. The van der Waals surface area contributed by atoms with Crippen LogP contribution in [0.2, 0.25) is 0 Å². The van der Waals surface area contributed by atoms with Crippen LogP contribution in [0.25, 0.3) is 0 Å². The summed E-state index contributed by atoms with van der Waals surface area (Å²) in [6, 6.07) is 3.85. The van der Waals surface area contributed by atoms with Crippen LogP contribution < -0.4 is 4.74 Å². The van der Waals surface area contributed by atoms with Crippen molar-refractivity contribution in [3.8, 4) is 5.75 Å². The molecule has 2 atom stereocenters. The summed E-state index contributed by atoms with van der Waals surface area (Å²) in [5, 5.41) is 0. The van der Waals surface area contributed by atoms with E-state index in [1.165, 1.54) is 12.1 Å². The fraction of sp³-hybridized carbons (Fsp3) is 0.650. The summed E-state index contributed by atoms with van der Waals surface area (Å²) in [7, 11) is -3.52. The van der Waals surface area contributed by atoms with E-state index in [0.717, 1.165) is 31.6 Å². The standard InChI is InChI=1S/C20H24F2O4S/c1-27(24,25)10-18(23)16-3-2-15(5-17(16)21)26-12-19-6-13-4-14(7-19)9-20(22,8-13)11-19/h2-3,5,13-14H,4,6-12H2,1H3. The molecule has 0 spiro atoms. The van der Waals surface area contributed by atoms with Crippen LogP contribution in [0.1, 0.15) is 48.9 Å². The molecule has 4 aliphatic rings. The molecule has 7 heteroatoms. The number of ketones is 1. The predicted molar refractivity (Wildman–Crippen MR) is 96.9 cm³/mol. The Kier molecular flexibility index (Phi) is 4.37. The van der Waals surface area contributed by atoms with Gasteiger partial charge in [0, 0.05) is 17.7 Å². The number of carbonyl (C=O) groups excluding carboxylic acids is 1. The summed E-state index contributed by atoms with van der Waals surface area (Å²) in [6.45, 7) is 0.349. The van der Waals surface area contributed by atoms with Gasteiger partial charge in [-0.3, -0.25) is 4.79 Å². The number of rotatable bonds is 6. The number of Topliss-reactive ketones (excluding diaryl/α,β-unsaturated/α-hetero) is 1. The topological polar surface area (TPSA) is 60.4 Å². The van der Waals surface area contributed by atoms with E-state index >= 15 is 0 Å². The average Bonchev–Trinajstić information content (AvgIpc) is 2.49. The first-order valence-electron chi connectivity index (χ1n) is 9.37. The van der Waals surface area contributed by atoms with Crippen molar-refractivity contribution in [1.29, 1.82) is 0 Å². The number of hydrogen-bond donors (Lipinski definition) is 0. The first kappa shape index (κ1) is 18.8. The quantitative estimate of drug-likeness (QED) is 0.685. The van der Waals surface area contributed by atoms with Gasteiger partial charge in [-0.15, -0.1) is 0 Å². The number of benzene rings is 1. The second-order valence-electron chi connectivity index (χ2n) is 9.04. The maximum absolute atomic E-state index is 15.0. The normalized spacial score (nSPS) is 34.6. The minimum Gasteiger partial charge on any atom is -0.493 e. The molecule has 4 nitrogen and oxygen atoms in total. The molecular weight excluding hydrogens is 374 g/mol. The van der Waals surface area contributed by atoms with Gasteiger partial charge < -0.3 is 4.74 Å². The Bertz CT molecular complexity index is 866. The van der Waals surface area contributed by atoms with E-state index in [4.69, 9.17) is 4.74 Å². The van der Waals surface area contributed by atoms with E-state index in [0.29, 0.717) is 37.7 Å². The molecule has 0 radical (unpaired) electrons. The molecule has 1 aromatic carbocycles. The zero-order valence-corrected chi connectivity index (χ0v) is 16.2. The van der Waals surface area contributed by atoms with Gasteiger partial charge in [0.15, 0.2) is 15.6 Å². The highest BCUT2D eigenvalue weighted by atomic mass is 32.2. The Labute approximate surface area is 158 Å². The lowest BCUT2D eigenvalue weighted by molar-refractivity contribution is -0.136. The van der Waals surface area contributed by atoms with E-state index in [1.54, 1.807) is 0 Å². The molecule has 0 saturated heterocycles. The van der Waals surface area contributed by atoms with E-state index in [-0.39, 0.29) is 16.7 Å². The molecule has 4 fully saturated rings. The molecule has 0 heterocycles. The third-order valence-electron chi connectivity index (χ3n) is 6.29. The van der Waals surface area contributed by atoms with Crippen LogP contribution in [0.15, 0.2) is 18.2 Å². The first-order chi connectivity index (χ1) is 12.5. The second-order valence-corrected chi connectivity index (χ2v) is 11.2. The monoisotopic (exact) mass is 398 g/mol.